The molecule has 0 saturated heterocycles. The van der Waals surface area contributed by atoms with Gasteiger partial charge < -0.3 is 14.5 Å². The van der Waals surface area contributed by atoms with Gasteiger partial charge in [0.25, 0.3) is 0 Å². The van der Waals surface area contributed by atoms with E-state index in [4.69, 9.17) is 4.74 Å². The Labute approximate surface area is 308 Å². The summed E-state index contributed by atoms with van der Waals surface area (Å²) in [6.45, 7) is 4.86. The Hall–Kier alpha value is -5.28. The summed E-state index contributed by atoms with van der Waals surface area (Å²) in [5.74, 6) is 1.89. The van der Waals surface area contributed by atoms with Crippen molar-refractivity contribution in [1.82, 2.24) is 0 Å². The molecule has 52 heavy (non-hydrogen) atoms. The largest absolute Gasteiger partial charge is 0.470 e. The van der Waals surface area contributed by atoms with E-state index < -0.39 is 0 Å². The number of rotatable bonds is 6. The fourth-order valence-electron chi connectivity index (χ4n) is 9.81. The van der Waals surface area contributed by atoms with Crippen LogP contribution in [-0.2, 0) is 4.74 Å². The first-order valence-corrected chi connectivity index (χ1v) is 19.3. The molecule has 3 aromatic carbocycles. The summed E-state index contributed by atoms with van der Waals surface area (Å²) in [4.78, 5) is 5.02. The van der Waals surface area contributed by atoms with Gasteiger partial charge in [0, 0.05) is 46.5 Å². The minimum Gasteiger partial charge on any atom is -0.470 e. The van der Waals surface area contributed by atoms with Crippen molar-refractivity contribution in [3.8, 4) is 0 Å². The van der Waals surface area contributed by atoms with Crippen molar-refractivity contribution in [2.45, 2.75) is 70.4 Å². The van der Waals surface area contributed by atoms with Crippen LogP contribution in [0.15, 0.2) is 180 Å². The lowest BCUT2D eigenvalue weighted by atomic mass is 9.64. The van der Waals surface area contributed by atoms with E-state index in [0.29, 0.717) is 11.8 Å². The second-order valence-electron chi connectivity index (χ2n) is 15.9. The van der Waals surface area contributed by atoms with E-state index in [0.717, 1.165) is 44.4 Å². The summed E-state index contributed by atoms with van der Waals surface area (Å²) in [5.41, 5.74) is 14.9. The molecule has 3 heterocycles. The highest BCUT2D eigenvalue weighted by molar-refractivity contribution is 5.92. The van der Waals surface area contributed by atoms with Crippen molar-refractivity contribution in [3.63, 3.8) is 0 Å². The van der Waals surface area contributed by atoms with E-state index >= 15 is 0 Å². The second-order valence-corrected chi connectivity index (χ2v) is 15.9. The van der Waals surface area contributed by atoms with Crippen LogP contribution in [0, 0.1) is 11.3 Å². The number of nitrogens with zero attached hydrogens (tertiary/aromatic N) is 2. The average molecular weight is 679 g/mol. The second kappa shape index (κ2) is 12.4. The van der Waals surface area contributed by atoms with Crippen LogP contribution in [0.25, 0.3) is 5.57 Å². The number of fused-ring (bicyclic) bond motifs is 4. The van der Waals surface area contributed by atoms with Crippen LogP contribution in [-0.4, -0.2) is 6.04 Å². The molecule has 0 bridgehead atoms. The molecule has 0 saturated carbocycles. The number of anilines is 2. The normalized spacial score (nSPS) is 26.3. The molecule has 3 aliphatic heterocycles. The number of hydrogen-bond donors (Lipinski definition) is 0. The van der Waals surface area contributed by atoms with E-state index in [9.17, 15) is 0 Å². The third-order valence-electron chi connectivity index (χ3n) is 12.7. The number of para-hydroxylation sites is 1. The molecule has 0 aromatic heterocycles. The summed E-state index contributed by atoms with van der Waals surface area (Å²) in [7, 11) is 0. The van der Waals surface area contributed by atoms with Crippen molar-refractivity contribution in [2.24, 2.45) is 11.3 Å². The molecule has 0 spiro atoms. The minimum atomic E-state index is -0.00581. The quantitative estimate of drug-likeness (QED) is 0.258. The Balaban J connectivity index is 0.957. The highest BCUT2D eigenvalue weighted by atomic mass is 16.5. The molecule has 3 aromatic rings. The van der Waals surface area contributed by atoms with Crippen LogP contribution in [0.1, 0.15) is 81.1 Å². The Kier molecular flexibility index (Phi) is 7.53. The van der Waals surface area contributed by atoms with Gasteiger partial charge in [-0.05, 0) is 95.7 Å². The summed E-state index contributed by atoms with van der Waals surface area (Å²) in [5, 5.41) is 0. The van der Waals surface area contributed by atoms with E-state index in [2.05, 4.69) is 169 Å². The van der Waals surface area contributed by atoms with E-state index in [1.54, 1.807) is 0 Å². The van der Waals surface area contributed by atoms with Gasteiger partial charge in [0.15, 0.2) is 5.88 Å². The van der Waals surface area contributed by atoms with Crippen LogP contribution in [0.5, 0.6) is 0 Å². The SMILES string of the molecule is CC1(C)C2=C(OC(c3ccc(N(C4=CCC(c5ccccc5)C=C4)C4=CC=C(C5=CC=CCC5)CC4)cc3)C2)N2c3ccccc3C3=CC=CC1C32. The van der Waals surface area contributed by atoms with Crippen molar-refractivity contribution >= 4 is 16.9 Å². The van der Waals surface area contributed by atoms with Gasteiger partial charge in [0.2, 0.25) is 0 Å². The summed E-state index contributed by atoms with van der Waals surface area (Å²) < 4.78 is 7.07. The van der Waals surface area contributed by atoms with Crippen molar-refractivity contribution in [1.29, 1.82) is 0 Å². The third-order valence-corrected chi connectivity index (χ3v) is 12.7. The van der Waals surface area contributed by atoms with Crippen LogP contribution < -0.4 is 9.80 Å². The lowest BCUT2D eigenvalue weighted by molar-refractivity contribution is 0.134. The van der Waals surface area contributed by atoms with E-state index in [1.807, 2.05) is 0 Å². The fourth-order valence-corrected chi connectivity index (χ4v) is 9.81. The molecule has 3 heteroatoms. The predicted molar refractivity (Wildman–Crippen MR) is 214 cm³/mol. The highest BCUT2D eigenvalue weighted by Crippen LogP contribution is 2.61. The van der Waals surface area contributed by atoms with Crippen LogP contribution >= 0.6 is 0 Å². The topological polar surface area (TPSA) is 15.7 Å². The van der Waals surface area contributed by atoms with Gasteiger partial charge in [-0.3, -0.25) is 0 Å². The van der Waals surface area contributed by atoms with Crippen LogP contribution in [0.4, 0.5) is 11.4 Å². The molecular weight excluding hydrogens is 633 g/mol. The lowest BCUT2D eigenvalue weighted by Crippen LogP contribution is -2.49. The fraction of sp³-hybridized carbons (Fsp3) is 0.265. The van der Waals surface area contributed by atoms with Gasteiger partial charge in [-0.15, -0.1) is 0 Å². The smallest absolute Gasteiger partial charge is 0.194 e. The zero-order valence-electron chi connectivity index (χ0n) is 30.2. The van der Waals surface area contributed by atoms with Crippen molar-refractivity contribution in [3.05, 3.63) is 196 Å². The van der Waals surface area contributed by atoms with Gasteiger partial charge >= 0.3 is 0 Å². The van der Waals surface area contributed by atoms with Gasteiger partial charge in [-0.2, -0.15) is 0 Å². The Morgan fingerprint density at radius 2 is 1.60 bits per heavy atom. The maximum atomic E-state index is 7.07. The predicted octanol–water partition coefficient (Wildman–Crippen LogP) is 12.2. The average Bonchev–Trinajstić information content (AvgIpc) is 3.80. The standard InChI is InChI=1S/C49H46N2O/c1-49(2)43-18-11-17-42-41-16-9-10-19-45(41)51(47(42)43)48-44(49)32-46(52-48)37-24-30-40(31-25-37)50(38-26-20-35(21-27-38)33-12-5-3-6-13-33)39-28-22-36(23-29-39)34-14-7-4-8-15-34/h3-7,9-14,16-20,22,24-28,30-31,35,43,46-47H,8,15,21,23,29,32H2,1-2H3. The molecular formula is C49H46N2O. The number of benzene rings is 3. The Bertz CT molecular complexity index is 2220. The van der Waals surface area contributed by atoms with Crippen molar-refractivity contribution < 1.29 is 4.74 Å². The Morgan fingerprint density at radius 3 is 2.37 bits per heavy atom. The molecule has 4 unspecified atom stereocenters. The van der Waals surface area contributed by atoms with Gasteiger partial charge in [-0.1, -0.05) is 129 Å². The summed E-state index contributed by atoms with van der Waals surface area (Å²) in [6, 6.07) is 29.3. The lowest BCUT2D eigenvalue weighted by Gasteiger charge is -2.47. The van der Waals surface area contributed by atoms with Crippen LogP contribution in [0.3, 0.4) is 0 Å². The molecule has 7 aliphatic rings. The summed E-state index contributed by atoms with van der Waals surface area (Å²) >= 11 is 0. The van der Waals surface area contributed by atoms with E-state index in [-0.39, 0.29) is 17.6 Å². The molecule has 258 valence electrons. The maximum Gasteiger partial charge on any atom is 0.194 e. The zero-order chi connectivity index (χ0) is 34.8. The molecule has 0 N–H and O–H groups in total. The Morgan fingerprint density at radius 1 is 0.769 bits per heavy atom. The van der Waals surface area contributed by atoms with Gasteiger partial charge in [0.05, 0.1) is 11.7 Å². The molecule has 4 aliphatic carbocycles. The summed E-state index contributed by atoms with van der Waals surface area (Å²) in [6.07, 6.45) is 32.0. The maximum absolute atomic E-state index is 7.07. The van der Waals surface area contributed by atoms with Crippen LogP contribution in [0.2, 0.25) is 0 Å². The highest BCUT2D eigenvalue weighted by Gasteiger charge is 2.55. The van der Waals surface area contributed by atoms with Gasteiger partial charge in [-0.25, -0.2) is 0 Å². The molecule has 4 atom stereocenters. The first kappa shape index (κ1) is 31.5. The number of hydrogen-bond acceptors (Lipinski definition) is 3. The first-order chi connectivity index (χ1) is 25.5. The third kappa shape index (κ3) is 5.08. The minimum absolute atomic E-state index is 0.00122. The van der Waals surface area contributed by atoms with Crippen molar-refractivity contribution in [2.75, 3.05) is 9.80 Å². The first-order valence-electron chi connectivity index (χ1n) is 19.3. The molecule has 3 nitrogen and oxygen atoms in total. The van der Waals surface area contributed by atoms with E-state index in [1.165, 1.54) is 61.8 Å². The zero-order valence-corrected chi connectivity index (χ0v) is 30.2. The monoisotopic (exact) mass is 678 g/mol. The molecule has 0 fully saturated rings. The number of allylic oxidation sites excluding steroid dienone is 13. The molecule has 0 amide bonds. The molecule has 0 radical (unpaired) electrons. The van der Waals surface area contributed by atoms with Gasteiger partial charge in [0.1, 0.15) is 6.10 Å². The molecule has 10 rings (SSSR count). The number of ether oxygens (including phenoxy) is 1.